The van der Waals surface area contributed by atoms with E-state index in [1.807, 2.05) is 35.8 Å². The maximum absolute atomic E-state index is 12.5. The van der Waals surface area contributed by atoms with Crippen molar-refractivity contribution in [2.24, 2.45) is 0 Å². The second-order valence-corrected chi connectivity index (χ2v) is 5.19. The van der Waals surface area contributed by atoms with Gasteiger partial charge in [-0.25, -0.2) is 0 Å². The van der Waals surface area contributed by atoms with Crippen molar-refractivity contribution in [3.8, 4) is 0 Å². The summed E-state index contributed by atoms with van der Waals surface area (Å²) in [6, 6.07) is 9.78. The van der Waals surface area contributed by atoms with E-state index in [0.29, 0.717) is 6.54 Å². The number of hydrogen-bond acceptors (Lipinski definition) is 3. The van der Waals surface area contributed by atoms with Crippen LogP contribution in [0.5, 0.6) is 0 Å². The predicted octanol–water partition coefficient (Wildman–Crippen LogP) is 1.18. The van der Waals surface area contributed by atoms with Crippen molar-refractivity contribution < 1.29 is 4.74 Å². The molecule has 1 aromatic carbocycles. The molecule has 2 unspecified atom stereocenters. The zero-order chi connectivity index (χ0) is 12.3. The topological polar surface area (TPSA) is 43.3 Å². The summed E-state index contributed by atoms with van der Waals surface area (Å²) in [6.07, 6.45) is 0.0985. The molecular formula is C14H14N2O2. The van der Waals surface area contributed by atoms with Crippen molar-refractivity contribution in [2.75, 3.05) is 6.54 Å². The van der Waals surface area contributed by atoms with Crippen LogP contribution < -0.4 is 10.9 Å². The molecule has 0 aliphatic carbocycles. The highest BCUT2D eigenvalue weighted by Crippen LogP contribution is 2.33. The van der Waals surface area contributed by atoms with Crippen molar-refractivity contribution in [3.63, 3.8) is 0 Å². The molecule has 1 N–H and O–H groups in total. The molecule has 2 aromatic rings. The molecule has 2 aliphatic heterocycles. The van der Waals surface area contributed by atoms with Crippen LogP contribution in [0.2, 0.25) is 0 Å². The summed E-state index contributed by atoms with van der Waals surface area (Å²) in [6.45, 7) is 3.43. The highest BCUT2D eigenvalue weighted by atomic mass is 16.5. The zero-order valence-electron chi connectivity index (χ0n) is 10.1. The molecular weight excluding hydrogens is 228 g/mol. The molecule has 4 heteroatoms. The summed E-state index contributed by atoms with van der Waals surface area (Å²) in [5.41, 5.74) is 0.498. The Labute approximate surface area is 104 Å². The number of hydrogen-bond donors (Lipinski definition) is 1. The summed E-state index contributed by atoms with van der Waals surface area (Å²) >= 11 is 0. The van der Waals surface area contributed by atoms with Crippen molar-refractivity contribution in [1.29, 1.82) is 0 Å². The molecule has 2 atom stereocenters. The first-order valence-corrected chi connectivity index (χ1v) is 6.23. The number of nitrogens with one attached hydrogen (secondary N) is 1. The Bertz CT molecular complexity index is 706. The Morgan fingerprint density at radius 1 is 1.44 bits per heavy atom. The van der Waals surface area contributed by atoms with Gasteiger partial charge < -0.3 is 9.30 Å². The smallest absolute Gasteiger partial charge is 0.258 e. The lowest BCUT2D eigenvalue weighted by Crippen LogP contribution is -2.43. The fraction of sp³-hybridized carbons (Fsp3) is 0.357. The van der Waals surface area contributed by atoms with Gasteiger partial charge in [0, 0.05) is 11.9 Å². The Morgan fingerprint density at radius 2 is 2.28 bits per heavy atom. The number of benzene rings is 1. The molecule has 1 saturated heterocycles. The predicted molar refractivity (Wildman–Crippen MR) is 68.4 cm³/mol. The lowest BCUT2D eigenvalue weighted by molar-refractivity contribution is -0.0727. The van der Waals surface area contributed by atoms with Gasteiger partial charge in [-0.15, -0.1) is 0 Å². The molecule has 92 valence electrons. The van der Waals surface area contributed by atoms with Crippen LogP contribution in [0.15, 0.2) is 35.1 Å². The standard InChI is InChI=1S/C14H14N2O2/c1-14-12-6-9-4-2-3-5-11(9)13(17)16(12)8-10(18-14)7-15-14/h2-6,10,15H,7-8H2,1H3. The van der Waals surface area contributed by atoms with Crippen LogP contribution in [0.25, 0.3) is 10.8 Å². The number of fused-ring (bicyclic) bond motifs is 5. The number of nitrogens with zero attached hydrogens (tertiary/aromatic N) is 1. The first kappa shape index (κ1) is 10.3. The molecule has 4 nitrogen and oxygen atoms in total. The van der Waals surface area contributed by atoms with Crippen LogP contribution in [0, 0.1) is 0 Å². The maximum Gasteiger partial charge on any atom is 0.258 e. The maximum atomic E-state index is 12.5. The van der Waals surface area contributed by atoms with Crippen LogP contribution in [-0.2, 0) is 17.0 Å². The minimum Gasteiger partial charge on any atom is -0.349 e. The summed E-state index contributed by atoms with van der Waals surface area (Å²) in [5, 5.41) is 5.12. The average molecular weight is 242 g/mol. The van der Waals surface area contributed by atoms with Crippen molar-refractivity contribution >= 4 is 10.8 Å². The summed E-state index contributed by atoms with van der Waals surface area (Å²) in [7, 11) is 0. The van der Waals surface area contributed by atoms with Gasteiger partial charge in [-0.3, -0.25) is 10.1 Å². The molecule has 0 saturated carbocycles. The van der Waals surface area contributed by atoms with Gasteiger partial charge >= 0.3 is 0 Å². The van der Waals surface area contributed by atoms with Gasteiger partial charge in [-0.2, -0.15) is 0 Å². The Kier molecular flexibility index (Phi) is 1.84. The lowest BCUT2D eigenvalue weighted by Gasteiger charge is -2.33. The number of aromatic nitrogens is 1. The van der Waals surface area contributed by atoms with E-state index >= 15 is 0 Å². The SMILES string of the molecule is CC12NCC(Cn3c1cc1ccccc1c3=O)O2. The molecule has 18 heavy (non-hydrogen) atoms. The second kappa shape index (κ2) is 3.22. The molecule has 0 amide bonds. The van der Waals surface area contributed by atoms with Gasteiger partial charge in [0.1, 0.15) is 0 Å². The van der Waals surface area contributed by atoms with Gasteiger partial charge in [-0.05, 0) is 24.4 Å². The van der Waals surface area contributed by atoms with Gasteiger partial charge in [0.15, 0.2) is 5.72 Å². The van der Waals surface area contributed by atoms with Crippen LogP contribution in [0.4, 0.5) is 0 Å². The van der Waals surface area contributed by atoms with E-state index in [9.17, 15) is 4.79 Å². The molecule has 1 aromatic heterocycles. The van der Waals surface area contributed by atoms with Crippen LogP contribution in [0.1, 0.15) is 12.6 Å². The van der Waals surface area contributed by atoms with Gasteiger partial charge in [0.2, 0.25) is 0 Å². The third kappa shape index (κ3) is 1.19. The van der Waals surface area contributed by atoms with Crippen LogP contribution in [0.3, 0.4) is 0 Å². The van der Waals surface area contributed by atoms with Gasteiger partial charge in [0.05, 0.1) is 18.3 Å². The second-order valence-electron chi connectivity index (χ2n) is 5.19. The summed E-state index contributed by atoms with van der Waals surface area (Å²) < 4.78 is 7.80. The van der Waals surface area contributed by atoms with E-state index in [4.69, 9.17) is 4.74 Å². The highest BCUT2D eigenvalue weighted by Gasteiger charge is 2.43. The minimum absolute atomic E-state index is 0.0892. The van der Waals surface area contributed by atoms with E-state index in [0.717, 1.165) is 23.0 Å². The first-order chi connectivity index (χ1) is 8.67. The zero-order valence-corrected chi connectivity index (χ0v) is 10.1. The minimum atomic E-state index is -0.522. The van der Waals surface area contributed by atoms with Crippen molar-refractivity contribution in [2.45, 2.75) is 25.3 Å². The number of pyridine rings is 1. The normalized spacial score (nSPS) is 29.5. The third-order valence-electron chi connectivity index (χ3n) is 3.96. The van der Waals surface area contributed by atoms with Crippen LogP contribution >= 0.6 is 0 Å². The van der Waals surface area contributed by atoms with Gasteiger partial charge in [-0.1, -0.05) is 18.2 Å². The Morgan fingerprint density at radius 3 is 3.17 bits per heavy atom. The summed E-state index contributed by atoms with van der Waals surface area (Å²) in [5.74, 6) is 0. The van der Waals surface area contributed by atoms with Crippen LogP contribution in [-0.4, -0.2) is 17.2 Å². The molecule has 2 aliphatic rings. The average Bonchev–Trinajstić information content (AvgIpc) is 2.69. The van der Waals surface area contributed by atoms with E-state index in [2.05, 4.69) is 11.4 Å². The van der Waals surface area contributed by atoms with E-state index in [1.54, 1.807) is 0 Å². The highest BCUT2D eigenvalue weighted by molar-refractivity contribution is 5.82. The first-order valence-electron chi connectivity index (χ1n) is 6.23. The largest absolute Gasteiger partial charge is 0.349 e. The lowest BCUT2D eigenvalue weighted by atomic mass is 10.1. The molecule has 0 spiro atoms. The van der Waals surface area contributed by atoms with E-state index in [1.165, 1.54) is 0 Å². The quantitative estimate of drug-likeness (QED) is 0.754. The fourth-order valence-electron chi connectivity index (χ4n) is 3.06. The number of ether oxygens (including phenoxy) is 1. The third-order valence-corrected chi connectivity index (χ3v) is 3.96. The van der Waals surface area contributed by atoms with Crippen molar-refractivity contribution in [3.05, 3.63) is 46.4 Å². The Hall–Kier alpha value is -1.65. The number of rotatable bonds is 0. The molecule has 0 radical (unpaired) electrons. The molecule has 2 bridgehead atoms. The fourth-order valence-corrected chi connectivity index (χ4v) is 3.06. The molecule has 4 rings (SSSR count). The van der Waals surface area contributed by atoms with Crippen molar-refractivity contribution in [1.82, 2.24) is 9.88 Å². The van der Waals surface area contributed by atoms with E-state index < -0.39 is 5.72 Å². The molecule has 1 fully saturated rings. The monoisotopic (exact) mass is 242 g/mol. The Balaban J connectivity index is 2.12. The van der Waals surface area contributed by atoms with E-state index in [-0.39, 0.29) is 11.7 Å². The van der Waals surface area contributed by atoms with Gasteiger partial charge in [0.25, 0.3) is 5.56 Å². The summed E-state index contributed by atoms with van der Waals surface area (Å²) in [4.78, 5) is 12.5. The molecule has 3 heterocycles.